The van der Waals surface area contributed by atoms with Gasteiger partial charge >= 0.3 is 5.92 Å². The number of carbonyl (C=O) groups excluding carboxylic acids is 1. The van der Waals surface area contributed by atoms with Crippen LogP contribution in [0.4, 0.5) is 8.78 Å². The number of halogens is 5. The van der Waals surface area contributed by atoms with Crippen LogP contribution in [-0.2, 0) is 10.7 Å². The van der Waals surface area contributed by atoms with Crippen LogP contribution >= 0.6 is 34.8 Å². The standard InChI is InChI=1S/C26H25Cl3F2N2O4/c27-16-3-6-21-14(9-16)12-22(37-21)26(30,31)25(35)32-20(13-33-7-1-2-8-33)23(34)15-10-18(28)24(19(29)11-15)36-17-4-5-17/h3,6,9-12,17,20,23,34H,1-2,4-5,7-8,13H2,(H,32,35)/t20-,23-/m1/s1. The monoisotopic (exact) mass is 572 g/mol. The molecule has 2 fully saturated rings. The molecule has 198 valence electrons. The van der Waals surface area contributed by atoms with Crippen molar-refractivity contribution in [2.75, 3.05) is 19.6 Å². The van der Waals surface area contributed by atoms with Crippen molar-refractivity contribution in [1.82, 2.24) is 10.2 Å². The second-order valence-electron chi connectivity index (χ2n) is 9.53. The van der Waals surface area contributed by atoms with E-state index in [9.17, 15) is 9.90 Å². The number of rotatable bonds is 9. The minimum Gasteiger partial charge on any atom is -0.487 e. The summed E-state index contributed by atoms with van der Waals surface area (Å²) in [5, 5.41) is 14.7. The van der Waals surface area contributed by atoms with E-state index in [1.165, 1.54) is 30.3 Å². The second kappa shape index (κ2) is 10.6. The number of carbonyl (C=O) groups is 1. The number of nitrogens with one attached hydrogen (secondary N) is 1. The molecule has 3 aromatic rings. The lowest BCUT2D eigenvalue weighted by molar-refractivity contribution is -0.151. The SMILES string of the molecule is O=C(N[C@H](CN1CCCC1)[C@H](O)c1cc(Cl)c(OC2CC2)c(Cl)c1)C(F)(F)c1cc2cc(Cl)ccc2o1. The van der Waals surface area contributed by atoms with Crippen molar-refractivity contribution in [3.63, 3.8) is 0 Å². The molecule has 2 atom stereocenters. The van der Waals surface area contributed by atoms with Gasteiger partial charge in [-0.3, -0.25) is 4.79 Å². The van der Waals surface area contributed by atoms with Gasteiger partial charge in [-0.1, -0.05) is 34.8 Å². The average molecular weight is 574 g/mol. The molecule has 0 spiro atoms. The molecular weight excluding hydrogens is 549 g/mol. The molecule has 2 aliphatic rings. The van der Waals surface area contributed by atoms with E-state index >= 15 is 8.78 Å². The number of aliphatic hydroxyl groups excluding tert-OH is 1. The van der Waals surface area contributed by atoms with Crippen LogP contribution in [0, 0.1) is 0 Å². The average Bonchev–Trinajstić information content (AvgIpc) is 3.33. The minimum atomic E-state index is -3.99. The Balaban J connectivity index is 1.39. The molecule has 1 amide bonds. The first kappa shape index (κ1) is 26.5. The van der Waals surface area contributed by atoms with Gasteiger partial charge in [-0.25, -0.2) is 0 Å². The van der Waals surface area contributed by atoms with E-state index in [1.54, 1.807) is 0 Å². The lowest BCUT2D eigenvalue weighted by Gasteiger charge is -2.30. The highest BCUT2D eigenvalue weighted by Crippen LogP contribution is 2.40. The van der Waals surface area contributed by atoms with Gasteiger partial charge in [-0.2, -0.15) is 8.78 Å². The first-order valence-electron chi connectivity index (χ1n) is 12.1. The minimum absolute atomic E-state index is 0.0597. The predicted molar refractivity (Wildman–Crippen MR) is 138 cm³/mol. The smallest absolute Gasteiger partial charge is 0.380 e. The van der Waals surface area contributed by atoms with Gasteiger partial charge in [0.15, 0.2) is 11.5 Å². The molecule has 1 aliphatic heterocycles. The number of amides is 1. The van der Waals surface area contributed by atoms with Gasteiger partial charge in [0.1, 0.15) is 11.7 Å². The summed E-state index contributed by atoms with van der Waals surface area (Å²) in [5.41, 5.74) is 0.461. The fourth-order valence-corrected chi connectivity index (χ4v) is 5.23. The van der Waals surface area contributed by atoms with Crippen LogP contribution in [0.5, 0.6) is 5.75 Å². The van der Waals surface area contributed by atoms with Gasteiger partial charge in [0, 0.05) is 17.0 Å². The lowest BCUT2D eigenvalue weighted by atomic mass is 10.0. The van der Waals surface area contributed by atoms with Crippen molar-refractivity contribution in [2.45, 2.75) is 49.9 Å². The van der Waals surface area contributed by atoms with E-state index in [-0.39, 0.29) is 33.8 Å². The number of likely N-dealkylation sites (tertiary alicyclic amines) is 1. The number of hydrogen-bond donors (Lipinski definition) is 2. The molecule has 1 saturated carbocycles. The number of ether oxygens (including phenoxy) is 1. The maximum absolute atomic E-state index is 15.2. The summed E-state index contributed by atoms with van der Waals surface area (Å²) in [6, 6.07) is 7.43. The Hall–Kier alpha value is -2.10. The zero-order chi connectivity index (χ0) is 26.3. The largest absolute Gasteiger partial charge is 0.487 e. The molecule has 1 aromatic heterocycles. The Bertz CT molecular complexity index is 1290. The van der Waals surface area contributed by atoms with Crippen LogP contribution in [0.2, 0.25) is 15.1 Å². The Kier molecular flexibility index (Phi) is 7.58. The second-order valence-corrected chi connectivity index (χ2v) is 10.8. The molecule has 37 heavy (non-hydrogen) atoms. The molecule has 5 rings (SSSR count). The number of hydrogen-bond acceptors (Lipinski definition) is 5. The summed E-state index contributed by atoms with van der Waals surface area (Å²) >= 11 is 18.7. The van der Waals surface area contributed by atoms with E-state index in [4.69, 9.17) is 44.0 Å². The molecule has 2 aromatic carbocycles. The van der Waals surface area contributed by atoms with Crippen LogP contribution in [0.25, 0.3) is 11.0 Å². The van der Waals surface area contributed by atoms with E-state index in [0.29, 0.717) is 16.2 Å². The van der Waals surface area contributed by atoms with Crippen molar-refractivity contribution in [2.24, 2.45) is 0 Å². The van der Waals surface area contributed by atoms with E-state index in [2.05, 4.69) is 5.32 Å². The highest BCUT2D eigenvalue weighted by molar-refractivity contribution is 6.37. The van der Waals surface area contributed by atoms with Crippen molar-refractivity contribution in [3.8, 4) is 5.75 Å². The molecule has 1 saturated heterocycles. The summed E-state index contributed by atoms with van der Waals surface area (Å²) in [4.78, 5) is 14.9. The normalized spacial score (nSPS) is 18.2. The van der Waals surface area contributed by atoms with Crippen LogP contribution in [-0.4, -0.2) is 47.7 Å². The fraction of sp³-hybridized carbons (Fsp3) is 0.423. The Morgan fingerprint density at radius 2 is 1.81 bits per heavy atom. The summed E-state index contributed by atoms with van der Waals surface area (Å²) in [5.74, 6) is -6.08. The molecule has 0 unspecified atom stereocenters. The highest BCUT2D eigenvalue weighted by Gasteiger charge is 2.46. The number of furan rings is 1. The van der Waals surface area contributed by atoms with E-state index < -0.39 is 29.7 Å². The summed E-state index contributed by atoms with van der Waals surface area (Å²) in [7, 11) is 0. The number of nitrogens with zero attached hydrogens (tertiary/aromatic N) is 1. The number of alkyl halides is 2. The van der Waals surface area contributed by atoms with Crippen LogP contribution in [0.1, 0.15) is 43.1 Å². The number of fused-ring (bicyclic) bond motifs is 1. The highest BCUT2D eigenvalue weighted by atomic mass is 35.5. The zero-order valence-electron chi connectivity index (χ0n) is 19.7. The fourth-order valence-electron chi connectivity index (χ4n) is 4.46. The Morgan fingerprint density at radius 1 is 1.14 bits per heavy atom. The van der Waals surface area contributed by atoms with Gasteiger partial charge in [0.05, 0.1) is 22.2 Å². The molecule has 11 heteroatoms. The third kappa shape index (κ3) is 5.83. The van der Waals surface area contributed by atoms with Gasteiger partial charge < -0.3 is 24.5 Å². The Morgan fingerprint density at radius 3 is 2.46 bits per heavy atom. The van der Waals surface area contributed by atoms with Gasteiger partial charge in [-0.05, 0) is 80.7 Å². The molecule has 2 N–H and O–H groups in total. The van der Waals surface area contributed by atoms with Gasteiger partial charge in [0.25, 0.3) is 5.91 Å². The van der Waals surface area contributed by atoms with Crippen molar-refractivity contribution in [3.05, 3.63) is 62.8 Å². The summed E-state index contributed by atoms with van der Waals surface area (Å²) < 4.78 is 41.5. The van der Waals surface area contributed by atoms with E-state index in [1.807, 2.05) is 4.90 Å². The Labute approximate surface area is 227 Å². The van der Waals surface area contributed by atoms with Crippen molar-refractivity contribution in [1.29, 1.82) is 0 Å². The summed E-state index contributed by atoms with van der Waals surface area (Å²) in [6.07, 6.45) is 2.41. The third-order valence-corrected chi connectivity index (χ3v) is 7.39. The molecule has 0 bridgehead atoms. The molecular formula is C26H25Cl3F2N2O4. The van der Waals surface area contributed by atoms with Gasteiger partial charge in [0.2, 0.25) is 0 Å². The quantitative estimate of drug-likeness (QED) is 0.312. The zero-order valence-corrected chi connectivity index (χ0v) is 21.9. The third-order valence-electron chi connectivity index (χ3n) is 6.60. The maximum atomic E-state index is 15.2. The molecule has 1 aliphatic carbocycles. The van der Waals surface area contributed by atoms with Crippen LogP contribution in [0.3, 0.4) is 0 Å². The first-order valence-corrected chi connectivity index (χ1v) is 13.2. The van der Waals surface area contributed by atoms with Crippen LogP contribution in [0.15, 0.2) is 40.8 Å². The van der Waals surface area contributed by atoms with E-state index in [0.717, 1.165) is 44.8 Å². The summed E-state index contributed by atoms with van der Waals surface area (Å²) in [6.45, 7) is 1.62. The maximum Gasteiger partial charge on any atom is 0.380 e. The molecule has 0 radical (unpaired) electrons. The number of aliphatic hydroxyl groups is 1. The molecule has 6 nitrogen and oxygen atoms in total. The molecule has 2 heterocycles. The van der Waals surface area contributed by atoms with Crippen molar-refractivity contribution >= 4 is 51.7 Å². The van der Waals surface area contributed by atoms with Gasteiger partial charge in [-0.15, -0.1) is 0 Å². The van der Waals surface area contributed by atoms with Crippen LogP contribution < -0.4 is 10.1 Å². The predicted octanol–water partition coefficient (Wildman–Crippen LogP) is 6.34. The van der Waals surface area contributed by atoms with Crippen molar-refractivity contribution < 1.29 is 27.8 Å². The topological polar surface area (TPSA) is 74.9 Å². The number of benzene rings is 2. The lowest BCUT2D eigenvalue weighted by Crippen LogP contribution is -2.50. The first-order chi connectivity index (χ1) is 17.6.